The summed E-state index contributed by atoms with van der Waals surface area (Å²) in [7, 11) is 0. The Labute approximate surface area is 175 Å². The van der Waals surface area contributed by atoms with Crippen molar-refractivity contribution in [3.63, 3.8) is 0 Å². The van der Waals surface area contributed by atoms with E-state index >= 15 is 0 Å². The maximum Gasteiger partial charge on any atom is 0.416 e. The molecule has 0 saturated heterocycles. The van der Waals surface area contributed by atoms with E-state index in [1.54, 1.807) is 4.52 Å². The first-order valence-corrected chi connectivity index (χ1v) is 10.4. The number of anilines is 1. The SMILES string of the molecule is Cc1cc(C)n2nc(CC(=O)N3CCC(C)Sc4ccc(C(F)(F)F)cc43)nc2n1. The summed E-state index contributed by atoms with van der Waals surface area (Å²) in [5.41, 5.74) is 1.15. The minimum atomic E-state index is -4.48. The van der Waals surface area contributed by atoms with Crippen molar-refractivity contribution < 1.29 is 18.0 Å². The van der Waals surface area contributed by atoms with Crippen LogP contribution in [0.25, 0.3) is 5.78 Å². The van der Waals surface area contributed by atoms with E-state index in [-0.39, 0.29) is 23.3 Å². The maximum absolute atomic E-state index is 13.3. The average molecular weight is 435 g/mol. The quantitative estimate of drug-likeness (QED) is 0.603. The lowest BCUT2D eigenvalue weighted by Crippen LogP contribution is -2.34. The number of thioether (sulfide) groups is 1. The fourth-order valence-corrected chi connectivity index (χ4v) is 4.58. The summed E-state index contributed by atoms with van der Waals surface area (Å²) in [5, 5.41) is 4.53. The van der Waals surface area contributed by atoms with Gasteiger partial charge in [-0.15, -0.1) is 16.9 Å². The number of hydrogen-bond acceptors (Lipinski definition) is 5. The van der Waals surface area contributed by atoms with E-state index in [2.05, 4.69) is 15.1 Å². The Bertz CT molecular complexity index is 1130. The molecule has 2 aromatic heterocycles. The van der Waals surface area contributed by atoms with E-state index in [4.69, 9.17) is 0 Å². The van der Waals surface area contributed by atoms with Crippen LogP contribution >= 0.6 is 11.8 Å². The Morgan fingerprint density at radius 2 is 2.00 bits per heavy atom. The third-order valence-electron chi connectivity index (χ3n) is 4.94. The number of halogens is 3. The minimum absolute atomic E-state index is 0.115. The van der Waals surface area contributed by atoms with Gasteiger partial charge < -0.3 is 4.90 Å². The van der Waals surface area contributed by atoms with Crippen LogP contribution in [0.4, 0.5) is 18.9 Å². The summed E-state index contributed by atoms with van der Waals surface area (Å²) >= 11 is 1.48. The maximum atomic E-state index is 13.3. The molecule has 30 heavy (non-hydrogen) atoms. The smallest absolute Gasteiger partial charge is 0.311 e. The lowest BCUT2D eigenvalue weighted by atomic mass is 10.1. The molecule has 3 heterocycles. The normalized spacial score (nSPS) is 17.1. The van der Waals surface area contributed by atoms with Crippen LogP contribution in [0, 0.1) is 13.8 Å². The molecule has 10 heteroatoms. The molecule has 0 radical (unpaired) electrons. The van der Waals surface area contributed by atoms with Gasteiger partial charge in [-0.05, 0) is 44.5 Å². The summed E-state index contributed by atoms with van der Waals surface area (Å²) in [5.74, 6) is 0.352. The van der Waals surface area contributed by atoms with Crippen LogP contribution in [0.2, 0.25) is 0 Å². The number of hydrogen-bond donors (Lipinski definition) is 0. The third kappa shape index (κ3) is 4.00. The lowest BCUT2D eigenvalue weighted by molar-refractivity contribution is -0.137. The van der Waals surface area contributed by atoms with Crippen LogP contribution in [-0.4, -0.2) is 37.3 Å². The van der Waals surface area contributed by atoms with Crippen molar-refractivity contribution in [2.75, 3.05) is 11.4 Å². The van der Waals surface area contributed by atoms with Gasteiger partial charge in [-0.1, -0.05) is 6.92 Å². The summed E-state index contributed by atoms with van der Waals surface area (Å²) in [6, 6.07) is 5.43. The van der Waals surface area contributed by atoms with Gasteiger partial charge in [-0.25, -0.2) is 9.50 Å². The summed E-state index contributed by atoms with van der Waals surface area (Å²) in [6.07, 6.45) is -3.92. The zero-order chi connectivity index (χ0) is 21.6. The molecule has 4 rings (SSSR count). The molecule has 1 aromatic carbocycles. The van der Waals surface area contributed by atoms with Crippen LogP contribution in [0.15, 0.2) is 29.2 Å². The number of amides is 1. The number of benzene rings is 1. The van der Waals surface area contributed by atoms with Crippen molar-refractivity contribution in [1.82, 2.24) is 19.6 Å². The summed E-state index contributed by atoms with van der Waals surface area (Å²) < 4.78 is 41.3. The molecule has 0 aliphatic carbocycles. The number of nitrogens with zero attached hydrogens (tertiary/aromatic N) is 5. The van der Waals surface area contributed by atoms with Crippen LogP contribution in [0.3, 0.4) is 0 Å². The largest absolute Gasteiger partial charge is 0.416 e. The van der Waals surface area contributed by atoms with Crippen molar-refractivity contribution in [3.05, 3.63) is 47.0 Å². The number of aromatic nitrogens is 4. The molecular formula is C20H20F3N5OS. The molecule has 1 amide bonds. The molecule has 0 fully saturated rings. The Hall–Kier alpha value is -2.62. The topological polar surface area (TPSA) is 63.4 Å². The molecule has 3 aromatic rings. The average Bonchev–Trinajstić information content (AvgIpc) is 2.96. The molecule has 158 valence electrons. The Kier molecular flexibility index (Phi) is 5.21. The molecule has 1 aliphatic rings. The number of aryl methyl sites for hydroxylation is 2. The molecule has 6 nitrogen and oxygen atoms in total. The Morgan fingerprint density at radius 1 is 1.23 bits per heavy atom. The number of rotatable bonds is 2. The highest BCUT2D eigenvalue weighted by atomic mass is 32.2. The van der Waals surface area contributed by atoms with Gasteiger partial charge in [0.25, 0.3) is 5.78 Å². The van der Waals surface area contributed by atoms with E-state index in [0.29, 0.717) is 29.5 Å². The van der Waals surface area contributed by atoms with E-state index in [1.807, 2.05) is 26.8 Å². The monoisotopic (exact) mass is 435 g/mol. The van der Waals surface area contributed by atoms with Gasteiger partial charge >= 0.3 is 6.18 Å². The van der Waals surface area contributed by atoms with Crippen molar-refractivity contribution in [2.24, 2.45) is 0 Å². The standard InChI is InChI=1S/C20H20F3N5OS/c1-11-8-12(2)28-19(24-11)25-17(26-28)10-18(29)27-7-6-13(3)30-16-5-4-14(9-15(16)27)20(21,22)23/h4-5,8-9,13H,6-7,10H2,1-3H3. The lowest BCUT2D eigenvalue weighted by Gasteiger charge is -2.23. The highest BCUT2D eigenvalue weighted by Gasteiger charge is 2.33. The molecular weight excluding hydrogens is 415 g/mol. The first kappa shape index (κ1) is 20.6. The Balaban J connectivity index is 1.68. The molecule has 0 spiro atoms. The van der Waals surface area contributed by atoms with E-state index in [1.165, 1.54) is 22.7 Å². The summed E-state index contributed by atoms with van der Waals surface area (Å²) in [4.78, 5) is 23.8. The van der Waals surface area contributed by atoms with Crippen LogP contribution in [-0.2, 0) is 17.4 Å². The fraction of sp³-hybridized carbons (Fsp3) is 0.400. The van der Waals surface area contributed by atoms with Gasteiger partial charge in [0, 0.05) is 28.1 Å². The first-order chi connectivity index (χ1) is 14.1. The van der Waals surface area contributed by atoms with Crippen molar-refractivity contribution in [1.29, 1.82) is 0 Å². The zero-order valence-corrected chi connectivity index (χ0v) is 17.5. The predicted molar refractivity (Wildman–Crippen MR) is 108 cm³/mol. The van der Waals surface area contributed by atoms with E-state index in [0.717, 1.165) is 23.5 Å². The third-order valence-corrected chi connectivity index (χ3v) is 6.17. The van der Waals surface area contributed by atoms with Gasteiger partial charge in [-0.2, -0.15) is 18.2 Å². The number of fused-ring (bicyclic) bond motifs is 2. The zero-order valence-electron chi connectivity index (χ0n) is 16.7. The fourth-order valence-electron chi connectivity index (χ4n) is 3.48. The first-order valence-electron chi connectivity index (χ1n) is 9.50. The van der Waals surface area contributed by atoms with Crippen molar-refractivity contribution in [2.45, 2.75) is 49.9 Å². The molecule has 1 atom stereocenters. The van der Waals surface area contributed by atoms with Gasteiger partial charge in [0.1, 0.15) is 0 Å². The molecule has 1 aliphatic heterocycles. The minimum Gasteiger partial charge on any atom is -0.311 e. The van der Waals surface area contributed by atoms with Gasteiger partial charge in [0.15, 0.2) is 5.82 Å². The van der Waals surface area contributed by atoms with Gasteiger partial charge in [-0.3, -0.25) is 4.79 Å². The molecule has 0 bridgehead atoms. The van der Waals surface area contributed by atoms with Crippen LogP contribution in [0.1, 0.15) is 36.1 Å². The molecule has 0 saturated carbocycles. The highest BCUT2D eigenvalue weighted by Crippen LogP contribution is 2.41. The van der Waals surface area contributed by atoms with E-state index < -0.39 is 11.7 Å². The van der Waals surface area contributed by atoms with Gasteiger partial charge in [0.2, 0.25) is 5.91 Å². The Morgan fingerprint density at radius 3 is 2.73 bits per heavy atom. The second kappa shape index (κ2) is 7.57. The number of alkyl halides is 3. The second-order valence-corrected chi connectivity index (χ2v) is 8.88. The highest BCUT2D eigenvalue weighted by molar-refractivity contribution is 8.00. The molecule has 0 N–H and O–H groups in total. The second-order valence-electron chi connectivity index (χ2n) is 7.40. The predicted octanol–water partition coefficient (Wildman–Crippen LogP) is 4.22. The molecule has 1 unspecified atom stereocenters. The van der Waals surface area contributed by atoms with Gasteiger partial charge in [0.05, 0.1) is 17.7 Å². The summed E-state index contributed by atoms with van der Waals surface area (Å²) in [6.45, 7) is 6.05. The number of carbonyl (C=O) groups excluding carboxylic acids is 1. The van der Waals surface area contributed by atoms with Crippen molar-refractivity contribution >= 4 is 29.1 Å². The number of carbonyl (C=O) groups is 1. The van der Waals surface area contributed by atoms with Crippen LogP contribution < -0.4 is 4.90 Å². The van der Waals surface area contributed by atoms with Crippen molar-refractivity contribution in [3.8, 4) is 0 Å². The van der Waals surface area contributed by atoms with Crippen LogP contribution in [0.5, 0.6) is 0 Å². The van der Waals surface area contributed by atoms with E-state index in [9.17, 15) is 18.0 Å².